The number of nitrogens with two attached hydrogens (primary N) is 1. The number of sulfonamides is 1. The van der Waals surface area contributed by atoms with E-state index >= 15 is 0 Å². The normalized spacial score (nSPS) is 13.1. The van der Waals surface area contributed by atoms with E-state index in [1.54, 1.807) is 6.92 Å². The third kappa shape index (κ3) is 12.2. The van der Waals surface area contributed by atoms with Gasteiger partial charge in [0.25, 0.3) is 0 Å². The summed E-state index contributed by atoms with van der Waals surface area (Å²) >= 11 is 0. The maximum absolute atomic E-state index is 11.1. The quantitative estimate of drug-likeness (QED) is 0.277. The first kappa shape index (κ1) is 19.3. The van der Waals surface area contributed by atoms with Gasteiger partial charge in [-0.2, -0.15) is 0 Å². The molecular weight excluding hydrogens is 355 g/mol. The molecule has 0 spiro atoms. The maximum Gasteiger partial charge on any atom is 0.211 e. The summed E-state index contributed by atoms with van der Waals surface area (Å²) in [7, 11) is -3.13. The van der Waals surface area contributed by atoms with Crippen LogP contribution in [-0.4, -0.2) is 38.8 Å². The maximum atomic E-state index is 11.1. The molecule has 0 saturated carbocycles. The first-order valence-corrected chi connectivity index (χ1v) is 6.87. The van der Waals surface area contributed by atoms with Crippen molar-refractivity contribution in [3.05, 3.63) is 0 Å². The van der Waals surface area contributed by atoms with Crippen molar-refractivity contribution >= 4 is 40.0 Å². The largest absolute Gasteiger partial charge is 0.370 e. The Morgan fingerprint density at radius 3 is 2.29 bits per heavy atom. The fraction of sp³-hybridized carbons (Fsp3) is 0.889. The van der Waals surface area contributed by atoms with E-state index in [4.69, 9.17) is 5.73 Å². The van der Waals surface area contributed by atoms with Crippen molar-refractivity contribution in [3.63, 3.8) is 0 Å². The number of hydrogen-bond acceptors (Lipinski definition) is 3. The van der Waals surface area contributed by atoms with Crippen LogP contribution in [0, 0.1) is 0 Å². The topological polar surface area (TPSA) is 96.6 Å². The average Bonchev–Trinajstić information content (AvgIpc) is 2.10. The van der Waals surface area contributed by atoms with Gasteiger partial charge in [0, 0.05) is 12.1 Å². The molecule has 17 heavy (non-hydrogen) atoms. The fourth-order valence-electron chi connectivity index (χ4n) is 0.903. The molecule has 8 heteroatoms. The van der Waals surface area contributed by atoms with Crippen LogP contribution in [0.1, 0.15) is 27.7 Å². The number of aliphatic imine (C=N–C) groups is 1. The molecule has 6 nitrogen and oxygen atoms in total. The van der Waals surface area contributed by atoms with Crippen LogP contribution in [0.15, 0.2) is 4.99 Å². The lowest BCUT2D eigenvalue weighted by Gasteiger charge is -2.20. The van der Waals surface area contributed by atoms with Gasteiger partial charge in [-0.15, -0.1) is 24.0 Å². The van der Waals surface area contributed by atoms with E-state index in [1.165, 1.54) is 0 Å². The summed E-state index contributed by atoms with van der Waals surface area (Å²) in [6.45, 7) is 8.08. The smallest absolute Gasteiger partial charge is 0.211 e. The van der Waals surface area contributed by atoms with Crippen LogP contribution >= 0.6 is 24.0 Å². The Kier molecular flexibility index (Phi) is 9.16. The minimum Gasteiger partial charge on any atom is -0.370 e. The minimum absolute atomic E-state index is 0. The molecule has 0 rings (SSSR count). The summed E-state index contributed by atoms with van der Waals surface area (Å²) in [6.07, 6.45) is 0. The van der Waals surface area contributed by atoms with Crippen LogP contribution in [0.25, 0.3) is 0 Å². The summed E-state index contributed by atoms with van der Waals surface area (Å²) in [5, 5.41) is 2.98. The predicted molar refractivity (Wildman–Crippen MR) is 82.3 cm³/mol. The van der Waals surface area contributed by atoms with Gasteiger partial charge >= 0.3 is 0 Å². The Bertz CT molecular complexity index is 335. The molecule has 0 fully saturated rings. The van der Waals surface area contributed by atoms with Crippen molar-refractivity contribution in [1.29, 1.82) is 0 Å². The van der Waals surface area contributed by atoms with Gasteiger partial charge < -0.3 is 11.1 Å². The molecule has 104 valence electrons. The van der Waals surface area contributed by atoms with E-state index in [0.717, 1.165) is 0 Å². The van der Waals surface area contributed by atoms with Crippen molar-refractivity contribution in [2.24, 2.45) is 10.7 Å². The molecule has 0 radical (unpaired) electrons. The van der Waals surface area contributed by atoms with Gasteiger partial charge in [0.1, 0.15) is 0 Å². The Hall–Kier alpha value is -0.0900. The second-order valence-corrected chi connectivity index (χ2v) is 6.54. The third-order valence-corrected chi connectivity index (χ3v) is 3.00. The van der Waals surface area contributed by atoms with E-state index in [2.05, 4.69) is 15.0 Å². The van der Waals surface area contributed by atoms with Gasteiger partial charge in [0.15, 0.2) is 5.96 Å². The summed E-state index contributed by atoms with van der Waals surface area (Å²) in [5.41, 5.74) is 5.46. The van der Waals surface area contributed by atoms with Gasteiger partial charge in [-0.05, 0) is 27.7 Å². The van der Waals surface area contributed by atoms with Crippen molar-refractivity contribution in [2.75, 3.05) is 18.8 Å². The zero-order valence-electron chi connectivity index (χ0n) is 10.8. The van der Waals surface area contributed by atoms with E-state index in [1.807, 2.05) is 20.8 Å². The lowest BCUT2D eigenvalue weighted by Crippen LogP contribution is -2.45. The van der Waals surface area contributed by atoms with Crippen LogP contribution in [-0.2, 0) is 10.0 Å². The molecule has 0 aromatic rings. The van der Waals surface area contributed by atoms with Crippen LogP contribution in [0.3, 0.4) is 0 Å². The number of rotatable bonds is 5. The van der Waals surface area contributed by atoms with E-state index < -0.39 is 10.0 Å². The molecule has 0 amide bonds. The highest BCUT2D eigenvalue weighted by Gasteiger charge is 2.09. The summed E-state index contributed by atoms with van der Waals surface area (Å²) in [6, 6.07) is 0. The Morgan fingerprint density at radius 1 is 1.35 bits per heavy atom. The molecule has 0 aromatic heterocycles. The molecule has 0 aliphatic heterocycles. The molecule has 0 unspecified atom stereocenters. The number of hydrogen-bond donors (Lipinski definition) is 3. The van der Waals surface area contributed by atoms with Gasteiger partial charge in [0.2, 0.25) is 10.0 Å². The highest BCUT2D eigenvalue weighted by atomic mass is 127. The second kappa shape index (κ2) is 8.09. The van der Waals surface area contributed by atoms with Crippen LogP contribution < -0.4 is 15.8 Å². The molecule has 0 aliphatic carbocycles. The third-order valence-electron chi connectivity index (χ3n) is 1.60. The molecule has 0 aliphatic rings. The van der Waals surface area contributed by atoms with Crippen molar-refractivity contribution in [3.8, 4) is 0 Å². The van der Waals surface area contributed by atoms with Crippen LogP contribution in [0.4, 0.5) is 0 Å². The van der Waals surface area contributed by atoms with E-state index in [9.17, 15) is 8.42 Å². The van der Waals surface area contributed by atoms with E-state index in [-0.39, 0.29) is 41.8 Å². The molecule has 0 atom stereocenters. The Balaban J connectivity index is 0. The zero-order valence-corrected chi connectivity index (χ0v) is 13.9. The van der Waals surface area contributed by atoms with Gasteiger partial charge in [0.05, 0.1) is 12.3 Å². The van der Waals surface area contributed by atoms with E-state index in [0.29, 0.717) is 12.5 Å². The average molecular weight is 378 g/mol. The highest BCUT2D eigenvalue weighted by molar-refractivity contribution is 14.0. The zero-order chi connectivity index (χ0) is 12.8. The monoisotopic (exact) mass is 378 g/mol. The summed E-state index contributed by atoms with van der Waals surface area (Å²) in [5.74, 6) is 0.398. The molecular formula is C9H23IN4O2S. The molecule has 0 heterocycles. The lowest BCUT2D eigenvalue weighted by atomic mass is 10.1. The standard InChI is InChI=1S/C9H22N4O2S.HI/c1-5-16(14,15)12-7-6-11-8(10)13-9(2,3)4;/h12H,5-7H2,1-4H3,(H3,10,11,13);1H. The SMILES string of the molecule is CCS(=O)(=O)NCCN=C(N)NC(C)(C)C.I. The van der Waals surface area contributed by atoms with Gasteiger partial charge in [-0.3, -0.25) is 4.99 Å². The number of nitrogens with one attached hydrogen (secondary N) is 2. The molecule has 0 bridgehead atoms. The molecule has 0 aromatic carbocycles. The second-order valence-electron chi connectivity index (χ2n) is 4.44. The Labute approximate surface area is 121 Å². The van der Waals surface area contributed by atoms with Crippen molar-refractivity contribution in [1.82, 2.24) is 10.0 Å². The number of halogens is 1. The van der Waals surface area contributed by atoms with Gasteiger partial charge in [-0.1, -0.05) is 0 Å². The van der Waals surface area contributed by atoms with Crippen molar-refractivity contribution < 1.29 is 8.42 Å². The molecule has 0 saturated heterocycles. The summed E-state index contributed by atoms with van der Waals surface area (Å²) in [4.78, 5) is 4.00. The number of guanidine groups is 1. The first-order valence-electron chi connectivity index (χ1n) is 5.22. The first-order chi connectivity index (χ1) is 7.16. The van der Waals surface area contributed by atoms with Crippen LogP contribution in [0.5, 0.6) is 0 Å². The number of nitrogens with zero attached hydrogens (tertiary/aromatic N) is 1. The highest BCUT2D eigenvalue weighted by Crippen LogP contribution is 1.96. The summed E-state index contributed by atoms with van der Waals surface area (Å²) < 4.78 is 24.5. The predicted octanol–water partition coefficient (Wildman–Crippen LogP) is 0.247. The fourth-order valence-corrected chi connectivity index (χ4v) is 1.51. The van der Waals surface area contributed by atoms with Gasteiger partial charge in [-0.25, -0.2) is 13.1 Å². The van der Waals surface area contributed by atoms with Crippen molar-refractivity contribution in [2.45, 2.75) is 33.2 Å². The molecule has 4 N–H and O–H groups in total. The van der Waals surface area contributed by atoms with Crippen LogP contribution in [0.2, 0.25) is 0 Å². The Morgan fingerprint density at radius 2 is 1.88 bits per heavy atom. The minimum atomic E-state index is -3.13. The lowest BCUT2D eigenvalue weighted by molar-refractivity contribution is 0.508.